The van der Waals surface area contributed by atoms with Gasteiger partial charge in [0.2, 0.25) is 0 Å². The van der Waals surface area contributed by atoms with E-state index < -0.39 is 10.8 Å². The van der Waals surface area contributed by atoms with E-state index in [4.69, 9.17) is 0 Å². The molecule has 2 aromatic rings. The largest absolute Gasteiger partial charge is 0.252 e. The van der Waals surface area contributed by atoms with Crippen molar-refractivity contribution in [2.24, 2.45) is 0 Å². The van der Waals surface area contributed by atoms with E-state index >= 15 is 0 Å². The number of hydrogen-bond donors (Lipinski definition) is 0. The SMILES string of the molecule is O=S(Cc1ccccc1)c1ccccn1. The van der Waals surface area contributed by atoms with Gasteiger partial charge in [0.1, 0.15) is 5.03 Å². The van der Waals surface area contributed by atoms with Gasteiger partial charge in [-0.3, -0.25) is 4.21 Å². The Hall–Kier alpha value is -1.48. The smallest absolute Gasteiger partial charge is 0.127 e. The maximum Gasteiger partial charge on any atom is 0.127 e. The first-order valence-electron chi connectivity index (χ1n) is 4.69. The molecular formula is C12H11NOS. The van der Waals surface area contributed by atoms with Crippen LogP contribution in [-0.4, -0.2) is 9.19 Å². The molecule has 2 nitrogen and oxygen atoms in total. The molecule has 0 amide bonds. The Labute approximate surface area is 91.4 Å². The van der Waals surface area contributed by atoms with E-state index in [0.717, 1.165) is 5.56 Å². The normalized spacial score (nSPS) is 12.3. The van der Waals surface area contributed by atoms with Crippen LogP contribution in [0.3, 0.4) is 0 Å². The monoisotopic (exact) mass is 217 g/mol. The summed E-state index contributed by atoms with van der Waals surface area (Å²) in [6, 6.07) is 15.3. The molecule has 1 aromatic heterocycles. The van der Waals surface area contributed by atoms with E-state index in [1.54, 1.807) is 12.3 Å². The maximum atomic E-state index is 11.9. The molecule has 0 radical (unpaired) electrons. The van der Waals surface area contributed by atoms with E-state index in [0.29, 0.717) is 10.8 Å². The molecule has 0 bridgehead atoms. The third-order valence-electron chi connectivity index (χ3n) is 2.01. The summed E-state index contributed by atoms with van der Waals surface area (Å²) in [5.74, 6) is 0.526. The van der Waals surface area contributed by atoms with Crippen molar-refractivity contribution in [2.45, 2.75) is 10.8 Å². The van der Waals surface area contributed by atoms with Crippen LogP contribution in [0.5, 0.6) is 0 Å². The Morgan fingerprint density at radius 1 is 1.00 bits per heavy atom. The zero-order valence-corrected chi connectivity index (χ0v) is 8.98. The molecule has 0 aliphatic heterocycles. The topological polar surface area (TPSA) is 30.0 Å². The van der Waals surface area contributed by atoms with E-state index in [-0.39, 0.29) is 0 Å². The van der Waals surface area contributed by atoms with Gasteiger partial charge in [-0.1, -0.05) is 36.4 Å². The van der Waals surface area contributed by atoms with Gasteiger partial charge >= 0.3 is 0 Å². The fourth-order valence-electron chi connectivity index (χ4n) is 1.28. The summed E-state index contributed by atoms with van der Waals surface area (Å²) in [5.41, 5.74) is 1.07. The number of aromatic nitrogens is 1. The van der Waals surface area contributed by atoms with Crippen molar-refractivity contribution in [1.82, 2.24) is 4.98 Å². The van der Waals surface area contributed by atoms with Crippen LogP contribution in [0.25, 0.3) is 0 Å². The average molecular weight is 217 g/mol. The third-order valence-corrected chi connectivity index (χ3v) is 3.32. The van der Waals surface area contributed by atoms with Gasteiger partial charge in [0.25, 0.3) is 0 Å². The van der Waals surface area contributed by atoms with Crippen molar-refractivity contribution < 1.29 is 4.21 Å². The predicted molar refractivity (Wildman–Crippen MR) is 60.8 cm³/mol. The van der Waals surface area contributed by atoms with Crippen molar-refractivity contribution in [1.29, 1.82) is 0 Å². The molecular weight excluding hydrogens is 206 g/mol. The number of benzene rings is 1. The lowest BCUT2D eigenvalue weighted by molar-refractivity contribution is 0.680. The second-order valence-electron chi connectivity index (χ2n) is 3.14. The molecule has 0 fully saturated rings. The highest BCUT2D eigenvalue weighted by Gasteiger charge is 2.04. The molecule has 3 heteroatoms. The summed E-state index contributed by atoms with van der Waals surface area (Å²) < 4.78 is 11.9. The minimum atomic E-state index is -1.05. The van der Waals surface area contributed by atoms with E-state index in [1.165, 1.54) is 0 Å². The van der Waals surface area contributed by atoms with Gasteiger partial charge in [-0.25, -0.2) is 4.98 Å². The van der Waals surface area contributed by atoms with Crippen LogP contribution < -0.4 is 0 Å². The maximum absolute atomic E-state index is 11.9. The van der Waals surface area contributed by atoms with Gasteiger partial charge in [-0.05, 0) is 17.7 Å². The van der Waals surface area contributed by atoms with Gasteiger partial charge in [0.05, 0.1) is 16.6 Å². The molecule has 0 saturated carbocycles. The zero-order chi connectivity index (χ0) is 10.5. The Morgan fingerprint density at radius 3 is 2.40 bits per heavy atom. The number of rotatable bonds is 3. The molecule has 1 atom stereocenters. The molecule has 0 N–H and O–H groups in total. The molecule has 0 aliphatic rings. The fraction of sp³-hybridized carbons (Fsp3) is 0.0833. The van der Waals surface area contributed by atoms with Crippen molar-refractivity contribution in [3.05, 3.63) is 60.3 Å². The molecule has 0 aliphatic carbocycles. The molecule has 0 saturated heterocycles. The summed E-state index contributed by atoms with van der Waals surface area (Å²) in [7, 11) is -1.05. The fourth-order valence-corrected chi connectivity index (χ4v) is 2.33. The average Bonchev–Trinajstić information content (AvgIpc) is 2.31. The molecule has 1 unspecified atom stereocenters. The van der Waals surface area contributed by atoms with E-state index in [2.05, 4.69) is 4.98 Å². The summed E-state index contributed by atoms with van der Waals surface area (Å²) in [6.45, 7) is 0. The highest BCUT2D eigenvalue weighted by atomic mass is 32.2. The lowest BCUT2D eigenvalue weighted by Crippen LogP contribution is -1.98. The first-order valence-corrected chi connectivity index (χ1v) is 6.01. The zero-order valence-electron chi connectivity index (χ0n) is 8.17. The number of pyridine rings is 1. The molecule has 2 rings (SSSR count). The third kappa shape index (κ3) is 2.73. The Balaban J connectivity index is 2.12. The molecule has 15 heavy (non-hydrogen) atoms. The Bertz CT molecular complexity index is 442. The van der Waals surface area contributed by atoms with Crippen LogP contribution >= 0.6 is 0 Å². The highest BCUT2D eigenvalue weighted by Crippen LogP contribution is 2.09. The molecule has 76 valence electrons. The van der Waals surface area contributed by atoms with Crippen LogP contribution in [0.1, 0.15) is 5.56 Å². The quantitative estimate of drug-likeness (QED) is 0.790. The first-order chi connectivity index (χ1) is 7.36. The van der Waals surface area contributed by atoms with Gasteiger partial charge in [-0.2, -0.15) is 0 Å². The molecule has 0 spiro atoms. The van der Waals surface area contributed by atoms with E-state index in [1.807, 2.05) is 42.5 Å². The minimum absolute atomic E-state index is 0.526. The van der Waals surface area contributed by atoms with Crippen molar-refractivity contribution in [3.8, 4) is 0 Å². The van der Waals surface area contributed by atoms with Gasteiger partial charge in [0.15, 0.2) is 0 Å². The number of nitrogens with zero attached hydrogens (tertiary/aromatic N) is 1. The molecule has 1 aromatic carbocycles. The minimum Gasteiger partial charge on any atom is -0.252 e. The van der Waals surface area contributed by atoms with Crippen molar-refractivity contribution in [2.75, 3.05) is 0 Å². The summed E-state index contributed by atoms with van der Waals surface area (Å²) in [5, 5.41) is 0.640. The van der Waals surface area contributed by atoms with Gasteiger partial charge in [-0.15, -0.1) is 0 Å². The van der Waals surface area contributed by atoms with Crippen LogP contribution in [0.2, 0.25) is 0 Å². The standard InChI is InChI=1S/C12H11NOS/c14-15(12-8-4-5-9-13-12)10-11-6-2-1-3-7-11/h1-9H,10H2. The van der Waals surface area contributed by atoms with Crippen LogP contribution in [-0.2, 0) is 16.6 Å². The van der Waals surface area contributed by atoms with E-state index in [9.17, 15) is 4.21 Å². The second-order valence-corrected chi connectivity index (χ2v) is 4.54. The van der Waals surface area contributed by atoms with Crippen molar-refractivity contribution >= 4 is 10.8 Å². The summed E-state index contributed by atoms with van der Waals surface area (Å²) in [4.78, 5) is 4.07. The van der Waals surface area contributed by atoms with Crippen molar-refractivity contribution in [3.63, 3.8) is 0 Å². The Kier molecular flexibility index (Phi) is 3.25. The Morgan fingerprint density at radius 2 is 1.73 bits per heavy atom. The predicted octanol–water partition coefficient (Wildman–Crippen LogP) is 2.39. The highest BCUT2D eigenvalue weighted by molar-refractivity contribution is 7.84. The first kappa shape index (κ1) is 10.1. The van der Waals surface area contributed by atoms with Gasteiger partial charge < -0.3 is 0 Å². The second kappa shape index (κ2) is 4.84. The molecule has 1 heterocycles. The van der Waals surface area contributed by atoms with Crippen LogP contribution in [0.4, 0.5) is 0 Å². The van der Waals surface area contributed by atoms with Crippen LogP contribution in [0.15, 0.2) is 59.8 Å². The van der Waals surface area contributed by atoms with Crippen LogP contribution in [0, 0.1) is 0 Å². The lowest BCUT2D eigenvalue weighted by Gasteiger charge is -2.00. The lowest BCUT2D eigenvalue weighted by atomic mass is 10.2. The van der Waals surface area contributed by atoms with Gasteiger partial charge in [0, 0.05) is 6.20 Å². The summed E-state index contributed by atoms with van der Waals surface area (Å²) in [6.07, 6.45) is 1.66. The number of hydrogen-bond acceptors (Lipinski definition) is 2. The summed E-state index contributed by atoms with van der Waals surface area (Å²) >= 11 is 0.